The Labute approximate surface area is 345 Å². The van der Waals surface area contributed by atoms with E-state index in [0.29, 0.717) is 24.1 Å². The van der Waals surface area contributed by atoms with Gasteiger partial charge in [-0.25, -0.2) is 4.57 Å². The van der Waals surface area contributed by atoms with E-state index in [4.69, 9.17) is 18.5 Å². The summed E-state index contributed by atoms with van der Waals surface area (Å²) in [5.74, 6) is -0.322. The lowest BCUT2D eigenvalue weighted by Crippen LogP contribution is -2.37. The summed E-state index contributed by atoms with van der Waals surface area (Å²) in [7, 11) is 1.65. The van der Waals surface area contributed by atoms with Crippen molar-refractivity contribution in [2.24, 2.45) is 0 Å². The summed E-state index contributed by atoms with van der Waals surface area (Å²) in [5.41, 5.74) is 0. The van der Waals surface area contributed by atoms with Gasteiger partial charge < -0.3 is 18.9 Å². The van der Waals surface area contributed by atoms with E-state index in [1.807, 2.05) is 21.1 Å². The van der Waals surface area contributed by atoms with E-state index in [2.05, 4.69) is 74.6 Å². The largest absolute Gasteiger partial charge is 0.472 e. The van der Waals surface area contributed by atoms with Gasteiger partial charge in [0, 0.05) is 13.0 Å². The number of ether oxygens (including phenoxy) is 2. The van der Waals surface area contributed by atoms with Crippen molar-refractivity contribution in [2.75, 3.05) is 54.1 Å². The minimum absolute atomic E-state index is 0.0839. The predicted molar refractivity (Wildman–Crippen MR) is 238 cm³/mol. The lowest BCUT2D eigenvalue weighted by Gasteiger charge is -2.24. The minimum atomic E-state index is -4.28. The van der Waals surface area contributed by atoms with Crippen molar-refractivity contribution >= 4 is 13.8 Å². The molecule has 56 heavy (non-hydrogen) atoms. The zero-order valence-corrected chi connectivity index (χ0v) is 37.7. The summed E-state index contributed by atoms with van der Waals surface area (Å²) < 4.78 is 35.0. The molecule has 0 saturated carbocycles. The van der Waals surface area contributed by atoms with Crippen LogP contribution in [-0.4, -0.2) is 75.6 Å². The van der Waals surface area contributed by atoms with E-state index in [0.717, 1.165) is 77.0 Å². The molecule has 0 aliphatic heterocycles. The number of phosphoric acid groups is 1. The smallest absolute Gasteiger partial charge is 0.457 e. The van der Waals surface area contributed by atoms with Crippen LogP contribution < -0.4 is 0 Å². The molecule has 0 aliphatic carbocycles. The Bertz CT molecular complexity index is 1080. The van der Waals surface area contributed by atoms with Crippen LogP contribution in [0.3, 0.4) is 0 Å². The maximum absolute atomic E-state index is 12.7. The van der Waals surface area contributed by atoms with Crippen molar-refractivity contribution in [1.82, 2.24) is 0 Å². The molecule has 1 N–H and O–H groups in total. The Balaban J connectivity index is 4.22. The third kappa shape index (κ3) is 43.3. The molecule has 0 spiro atoms. The lowest BCUT2D eigenvalue weighted by molar-refractivity contribution is -0.870. The first-order valence-electron chi connectivity index (χ1n) is 22.5. The average Bonchev–Trinajstić information content (AvgIpc) is 3.15. The molecule has 0 aromatic heterocycles. The summed E-state index contributed by atoms with van der Waals surface area (Å²) in [6, 6.07) is 0. The number of nitrogens with zero attached hydrogens (tertiary/aromatic N) is 1. The fourth-order valence-electron chi connectivity index (χ4n) is 5.87. The van der Waals surface area contributed by atoms with E-state index in [1.165, 1.54) is 77.0 Å². The molecule has 2 unspecified atom stereocenters. The molecule has 8 nitrogen and oxygen atoms in total. The molecule has 0 radical (unpaired) electrons. The molecule has 2 atom stereocenters. The summed E-state index contributed by atoms with van der Waals surface area (Å²) >= 11 is 0. The van der Waals surface area contributed by atoms with Gasteiger partial charge in [0.25, 0.3) is 0 Å². The summed E-state index contributed by atoms with van der Waals surface area (Å²) in [6.45, 7) is 5.47. The van der Waals surface area contributed by atoms with E-state index in [1.54, 1.807) is 0 Å². The van der Waals surface area contributed by atoms with Crippen LogP contribution >= 0.6 is 7.82 Å². The molecule has 0 bridgehead atoms. The number of phosphoric ester groups is 1. The molecule has 0 fully saturated rings. The van der Waals surface area contributed by atoms with Gasteiger partial charge in [-0.05, 0) is 57.8 Å². The van der Waals surface area contributed by atoms with Crippen LogP contribution in [-0.2, 0) is 27.9 Å². The van der Waals surface area contributed by atoms with Crippen molar-refractivity contribution in [3.05, 3.63) is 60.8 Å². The van der Waals surface area contributed by atoms with Crippen LogP contribution in [0.4, 0.5) is 0 Å². The van der Waals surface area contributed by atoms with Crippen molar-refractivity contribution in [2.45, 2.75) is 180 Å². The van der Waals surface area contributed by atoms with E-state index in [9.17, 15) is 14.3 Å². The number of allylic oxidation sites excluding steroid dienone is 10. The zero-order valence-electron chi connectivity index (χ0n) is 36.9. The lowest BCUT2D eigenvalue weighted by atomic mass is 10.0. The fraction of sp³-hybridized carbons (Fsp3) is 0.766. The summed E-state index contributed by atoms with van der Waals surface area (Å²) in [4.78, 5) is 22.9. The van der Waals surface area contributed by atoms with E-state index >= 15 is 0 Å². The maximum Gasteiger partial charge on any atom is 0.472 e. The normalized spacial score (nSPS) is 14.3. The van der Waals surface area contributed by atoms with Gasteiger partial charge in [0.15, 0.2) is 0 Å². The molecule has 0 saturated heterocycles. The number of likely N-dealkylation sites (N-methyl/N-ethyl adjacent to an activating group) is 1. The van der Waals surface area contributed by atoms with Crippen LogP contribution in [0.5, 0.6) is 0 Å². The van der Waals surface area contributed by atoms with Crippen LogP contribution in [0.25, 0.3) is 0 Å². The number of carbonyl (C=O) groups excluding carboxylic acids is 1. The number of hydrogen-bond donors (Lipinski definition) is 1. The molecule has 0 aromatic rings. The highest BCUT2D eigenvalue weighted by molar-refractivity contribution is 7.47. The Morgan fingerprint density at radius 1 is 0.571 bits per heavy atom. The van der Waals surface area contributed by atoms with Gasteiger partial charge in [0.1, 0.15) is 19.3 Å². The molecule has 0 rings (SSSR count). The Morgan fingerprint density at radius 3 is 1.55 bits per heavy atom. The number of esters is 1. The maximum atomic E-state index is 12.7. The number of quaternary nitrogens is 1. The van der Waals surface area contributed by atoms with E-state index in [-0.39, 0.29) is 25.8 Å². The van der Waals surface area contributed by atoms with Gasteiger partial charge in [0.05, 0.1) is 34.4 Å². The van der Waals surface area contributed by atoms with Crippen molar-refractivity contribution < 1.29 is 37.3 Å². The highest BCUT2D eigenvalue weighted by atomic mass is 31.2. The second-order valence-electron chi connectivity index (χ2n) is 16.1. The second kappa shape index (κ2) is 40.0. The Morgan fingerprint density at radius 2 is 1.04 bits per heavy atom. The molecular formula is C47H87NO7P+. The van der Waals surface area contributed by atoms with Crippen molar-refractivity contribution in [3.63, 3.8) is 0 Å². The molecule has 0 heterocycles. The standard InChI is InChI=1S/C47H86NO7P/c1-6-8-10-12-14-16-18-20-21-22-23-24-25-26-27-28-29-31-33-35-37-39-42-52-44-46(45-54-56(50,51)53-43-41-48(3,4)5)55-47(49)40-38-36-34-32-30-19-17-15-13-11-9-7-2/h8,10,14,16,20-21,23-24,26-27,46H,6-7,9,11-13,15,17-19,22,25,28-45H2,1-5H3/p+1/b10-8-,16-14-,21-20-,24-23-,27-26-. The predicted octanol–water partition coefficient (Wildman–Crippen LogP) is 13.3. The van der Waals surface area contributed by atoms with Crippen molar-refractivity contribution in [1.29, 1.82) is 0 Å². The topological polar surface area (TPSA) is 91.3 Å². The molecular weight excluding hydrogens is 721 g/mol. The monoisotopic (exact) mass is 809 g/mol. The average molecular weight is 809 g/mol. The Kier molecular flexibility index (Phi) is 38.7. The highest BCUT2D eigenvalue weighted by Crippen LogP contribution is 2.43. The number of carbonyl (C=O) groups is 1. The first kappa shape index (κ1) is 54.2. The van der Waals surface area contributed by atoms with Crippen molar-refractivity contribution in [3.8, 4) is 0 Å². The number of rotatable bonds is 41. The quantitative estimate of drug-likeness (QED) is 0.0216. The molecule has 326 valence electrons. The summed E-state index contributed by atoms with van der Waals surface area (Å²) in [5, 5.41) is 0. The zero-order chi connectivity index (χ0) is 41.3. The van der Waals surface area contributed by atoms with Gasteiger partial charge >= 0.3 is 13.8 Å². The first-order valence-corrected chi connectivity index (χ1v) is 24.0. The van der Waals surface area contributed by atoms with Gasteiger partial charge in [-0.3, -0.25) is 13.8 Å². The third-order valence-corrected chi connectivity index (χ3v) is 10.3. The van der Waals surface area contributed by atoms with E-state index < -0.39 is 13.9 Å². The van der Waals surface area contributed by atoms with Crippen LogP contribution in [0.2, 0.25) is 0 Å². The van der Waals surface area contributed by atoms with Crippen LogP contribution in [0, 0.1) is 0 Å². The van der Waals surface area contributed by atoms with Gasteiger partial charge in [0.2, 0.25) is 0 Å². The van der Waals surface area contributed by atoms with Gasteiger partial charge in [-0.2, -0.15) is 0 Å². The first-order chi connectivity index (χ1) is 27.1. The van der Waals surface area contributed by atoms with Gasteiger partial charge in [-0.15, -0.1) is 0 Å². The fourth-order valence-corrected chi connectivity index (χ4v) is 6.61. The molecule has 0 amide bonds. The van der Waals surface area contributed by atoms with Gasteiger partial charge in [-0.1, -0.05) is 171 Å². The molecule has 9 heteroatoms. The second-order valence-corrected chi connectivity index (χ2v) is 17.5. The molecule has 0 aromatic carbocycles. The number of hydrogen-bond acceptors (Lipinski definition) is 6. The SMILES string of the molecule is CC/C=C\C/C=C\C/C=C\C/C=C\C/C=C\CCCCCCCCOCC(COP(=O)(O)OCC[N+](C)(C)C)OC(=O)CCCCCCCCCCCCCC. The molecule has 0 aliphatic rings. The Hall–Kier alpha value is -1.80. The number of unbranched alkanes of at least 4 members (excludes halogenated alkanes) is 17. The summed E-state index contributed by atoms with van der Waals surface area (Å²) in [6.07, 6.45) is 49.7. The minimum Gasteiger partial charge on any atom is -0.457 e. The van der Waals surface area contributed by atoms with Crippen LogP contribution in [0.15, 0.2) is 60.8 Å². The van der Waals surface area contributed by atoms with Crippen LogP contribution in [0.1, 0.15) is 174 Å². The highest BCUT2D eigenvalue weighted by Gasteiger charge is 2.26. The third-order valence-electron chi connectivity index (χ3n) is 9.34.